The quantitative estimate of drug-likeness (QED) is 0.696. The molecule has 0 saturated heterocycles. The van der Waals surface area contributed by atoms with Crippen LogP contribution in [-0.2, 0) is 0 Å². The van der Waals surface area contributed by atoms with Crippen molar-refractivity contribution in [2.24, 2.45) is 5.92 Å². The third-order valence-corrected chi connectivity index (χ3v) is 3.54. The molecule has 1 rings (SSSR count). The number of hydrogen-bond donors (Lipinski definition) is 0. The summed E-state index contributed by atoms with van der Waals surface area (Å²) in [6.45, 7) is 7.96. The zero-order valence-corrected chi connectivity index (χ0v) is 11.1. The molecule has 16 heavy (non-hydrogen) atoms. The second-order valence-electron chi connectivity index (χ2n) is 4.75. The van der Waals surface area contributed by atoms with Gasteiger partial charge in [0, 0.05) is 6.04 Å². The first-order chi connectivity index (χ1) is 7.69. The molecule has 0 aliphatic carbocycles. The Balaban J connectivity index is 2.79. The first kappa shape index (κ1) is 13.2. The summed E-state index contributed by atoms with van der Waals surface area (Å²) < 4.78 is 0. The van der Waals surface area contributed by atoms with Gasteiger partial charge < -0.3 is 0 Å². The summed E-state index contributed by atoms with van der Waals surface area (Å²) in [6, 6.07) is 11.4. The second kappa shape index (κ2) is 6.70. The van der Waals surface area contributed by atoms with Gasteiger partial charge in [0.2, 0.25) is 0 Å². The van der Waals surface area contributed by atoms with Crippen molar-refractivity contribution in [1.82, 2.24) is 4.90 Å². The van der Waals surface area contributed by atoms with Gasteiger partial charge in [-0.2, -0.15) is 0 Å². The average molecular weight is 219 g/mol. The highest BCUT2D eigenvalue weighted by Crippen LogP contribution is 2.27. The third kappa shape index (κ3) is 3.64. The Kier molecular flexibility index (Phi) is 5.54. The standard InChI is InChI=1S/C15H25N/c1-5-13(3)12-15(16(4)6-2)14-10-8-7-9-11-14/h7-11,13,15H,5-6,12H2,1-4H3. The molecule has 1 aromatic carbocycles. The molecule has 0 spiro atoms. The predicted molar refractivity (Wildman–Crippen MR) is 71.6 cm³/mol. The molecule has 0 fully saturated rings. The highest BCUT2D eigenvalue weighted by Gasteiger charge is 2.17. The molecular formula is C15H25N. The second-order valence-corrected chi connectivity index (χ2v) is 4.75. The summed E-state index contributed by atoms with van der Waals surface area (Å²) >= 11 is 0. The minimum Gasteiger partial charge on any atom is -0.300 e. The van der Waals surface area contributed by atoms with Crippen LogP contribution in [0.4, 0.5) is 0 Å². The smallest absolute Gasteiger partial charge is 0.0347 e. The van der Waals surface area contributed by atoms with Gasteiger partial charge in [-0.05, 0) is 31.5 Å². The van der Waals surface area contributed by atoms with Crippen LogP contribution in [0, 0.1) is 5.92 Å². The van der Waals surface area contributed by atoms with Gasteiger partial charge in [0.15, 0.2) is 0 Å². The monoisotopic (exact) mass is 219 g/mol. The normalized spacial score (nSPS) is 15.1. The van der Waals surface area contributed by atoms with Crippen molar-refractivity contribution in [3.63, 3.8) is 0 Å². The van der Waals surface area contributed by atoms with E-state index in [2.05, 4.69) is 63.1 Å². The third-order valence-electron chi connectivity index (χ3n) is 3.54. The van der Waals surface area contributed by atoms with E-state index in [-0.39, 0.29) is 0 Å². The van der Waals surface area contributed by atoms with Crippen LogP contribution in [0.3, 0.4) is 0 Å². The molecule has 1 heteroatoms. The maximum atomic E-state index is 2.45. The van der Waals surface area contributed by atoms with Crippen molar-refractivity contribution in [1.29, 1.82) is 0 Å². The van der Waals surface area contributed by atoms with Gasteiger partial charge in [-0.25, -0.2) is 0 Å². The molecule has 1 nitrogen and oxygen atoms in total. The maximum absolute atomic E-state index is 2.45. The molecular weight excluding hydrogens is 194 g/mol. The molecule has 0 heterocycles. The number of nitrogens with zero attached hydrogens (tertiary/aromatic N) is 1. The Morgan fingerprint density at radius 2 is 1.75 bits per heavy atom. The lowest BCUT2D eigenvalue weighted by Gasteiger charge is -2.29. The van der Waals surface area contributed by atoms with Crippen LogP contribution < -0.4 is 0 Å². The zero-order chi connectivity index (χ0) is 12.0. The molecule has 90 valence electrons. The molecule has 0 N–H and O–H groups in total. The maximum Gasteiger partial charge on any atom is 0.0347 e. The number of benzene rings is 1. The SMILES string of the molecule is CCC(C)CC(c1ccccc1)N(C)CC. The highest BCUT2D eigenvalue weighted by atomic mass is 15.1. The van der Waals surface area contributed by atoms with E-state index >= 15 is 0 Å². The average Bonchev–Trinajstić information content (AvgIpc) is 2.35. The van der Waals surface area contributed by atoms with Crippen molar-refractivity contribution in [3.8, 4) is 0 Å². The van der Waals surface area contributed by atoms with E-state index in [1.165, 1.54) is 18.4 Å². The molecule has 2 atom stereocenters. The van der Waals surface area contributed by atoms with Crippen molar-refractivity contribution >= 4 is 0 Å². The van der Waals surface area contributed by atoms with E-state index in [1.807, 2.05) is 0 Å². The Bertz CT molecular complexity index is 281. The molecule has 0 aliphatic rings. The van der Waals surface area contributed by atoms with Crippen LogP contribution in [0.15, 0.2) is 30.3 Å². The van der Waals surface area contributed by atoms with E-state index in [9.17, 15) is 0 Å². The van der Waals surface area contributed by atoms with Crippen molar-refractivity contribution in [2.75, 3.05) is 13.6 Å². The summed E-state index contributed by atoms with van der Waals surface area (Å²) in [5.41, 5.74) is 1.45. The summed E-state index contributed by atoms with van der Waals surface area (Å²) in [4.78, 5) is 2.45. The van der Waals surface area contributed by atoms with E-state index in [0.717, 1.165) is 12.5 Å². The zero-order valence-electron chi connectivity index (χ0n) is 11.1. The fourth-order valence-corrected chi connectivity index (χ4v) is 2.01. The number of hydrogen-bond acceptors (Lipinski definition) is 1. The highest BCUT2D eigenvalue weighted by molar-refractivity contribution is 5.19. The fourth-order valence-electron chi connectivity index (χ4n) is 2.01. The Morgan fingerprint density at radius 3 is 2.25 bits per heavy atom. The molecule has 2 unspecified atom stereocenters. The summed E-state index contributed by atoms with van der Waals surface area (Å²) in [6.07, 6.45) is 2.52. The first-order valence-corrected chi connectivity index (χ1v) is 6.44. The minimum absolute atomic E-state index is 0.571. The largest absolute Gasteiger partial charge is 0.300 e. The van der Waals surface area contributed by atoms with Crippen molar-refractivity contribution in [2.45, 2.75) is 39.7 Å². The Hall–Kier alpha value is -0.820. The predicted octanol–water partition coefficient (Wildman–Crippen LogP) is 4.12. The van der Waals surface area contributed by atoms with Gasteiger partial charge in [0.25, 0.3) is 0 Å². The lowest BCUT2D eigenvalue weighted by molar-refractivity contribution is 0.219. The van der Waals surface area contributed by atoms with Crippen LogP contribution >= 0.6 is 0 Å². The lowest BCUT2D eigenvalue weighted by Crippen LogP contribution is -2.25. The topological polar surface area (TPSA) is 3.24 Å². The number of rotatable bonds is 6. The molecule has 0 aliphatic heterocycles. The van der Waals surface area contributed by atoms with Crippen LogP contribution in [0.5, 0.6) is 0 Å². The Labute approximate surface area is 100 Å². The van der Waals surface area contributed by atoms with E-state index in [1.54, 1.807) is 0 Å². The van der Waals surface area contributed by atoms with Gasteiger partial charge in [0.05, 0.1) is 0 Å². The van der Waals surface area contributed by atoms with Gasteiger partial charge in [-0.1, -0.05) is 57.5 Å². The summed E-state index contributed by atoms with van der Waals surface area (Å²) in [7, 11) is 2.22. The summed E-state index contributed by atoms with van der Waals surface area (Å²) in [5.74, 6) is 0.791. The van der Waals surface area contributed by atoms with Gasteiger partial charge in [0.1, 0.15) is 0 Å². The van der Waals surface area contributed by atoms with Crippen LogP contribution in [-0.4, -0.2) is 18.5 Å². The summed E-state index contributed by atoms with van der Waals surface area (Å²) in [5, 5.41) is 0. The van der Waals surface area contributed by atoms with Crippen molar-refractivity contribution < 1.29 is 0 Å². The van der Waals surface area contributed by atoms with E-state index in [0.29, 0.717) is 6.04 Å². The molecule has 0 aromatic heterocycles. The lowest BCUT2D eigenvalue weighted by atomic mass is 9.93. The first-order valence-electron chi connectivity index (χ1n) is 6.44. The van der Waals surface area contributed by atoms with Gasteiger partial charge in [-0.3, -0.25) is 4.90 Å². The fraction of sp³-hybridized carbons (Fsp3) is 0.600. The van der Waals surface area contributed by atoms with Crippen LogP contribution in [0.25, 0.3) is 0 Å². The van der Waals surface area contributed by atoms with Crippen molar-refractivity contribution in [3.05, 3.63) is 35.9 Å². The molecule has 0 amide bonds. The molecule has 1 aromatic rings. The van der Waals surface area contributed by atoms with E-state index in [4.69, 9.17) is 0 Å². The molecule has 0 radical (unpaired) electrons. The molecule has 0 saturated carbocycles. The van der Waals surface area contributed by atoms with Crippen LogP contribution in [0.1, 0.15) is 45.2 Å². The van der Waals surface area contributed by atoms with E-state index < -0.39 is 0 Å². The molecule has 0 bridgehead atoms. The minimum atomic E-state index is 0.571. The van der Waals surface area contributed by atoms with Gasteiger partial charge in [-0.15, -0.1) is 0 Å². The van der Waals surface area contributed by atoms with Gasteiger partial charge >= 0.3 is 0 Å². The Morgan fingerprint density at radius 1 is 1.12 bits per heavy atom. The van der Waals surface area contributed by atoms with Crippen LogP contribution in [0.2, 0.25) is 0 Å².